The number of nitrogens with two attached hydrogens (primary N) is 1. The number of aliphatic carboxylic acids is 1. The third kappa shape index (κ3) is 1.94. The molecule has 0 aromatic carbocycles. The zero-order valence-electron chi connectivity index (χ0n) is 10.7. The van der Waals surface area contributed by atoms with Gasteiger partial charge in [-0.2, -0.15) is 0 Å². The molecule has 6 nitrogen and oxygen atoms in total. The van der Waals surface area contributed by atoms with Gasteiger partial charge in [0.25, 0.3) is 0 Å². The van der Waals surface area contributed by atoms with E-state index in [0.717, 1.165) is 19.3 Å². The van der Waals surface area contributed by atoms with Gasteiger partial charge in [-0.1, -0.05) is 0 Å². The van der Waals surface area contributed by atoms with Crippen LogP contribution >= 0.6 is 0 Å². The molecule has 2 bridgehead atoms. The normalized spacial score (nSPS) is 44.8. The fourth-order valence-corrected chi connectivity index (χ4v) is 4.19. The van der Waals surface area contributed by atoms with Crippen LogP contribution in [-0.2, 0) is 9.59 Å². The van der Waals surface area contributed by atoms with Gasteiger partial charge in [-0.05, 0) is 31.1 Å². The average molecular weight is 268 g/mol. The predicted molar refractivity (Wildman–Crippen MR) is 66.1 cm³/mol. The van der Waals surface area contributed by atoms with Crippen LogP contribution in [0.25, 0.3) is 0 Å². The van der Waals surface area contributed by atoms with Crippen LogP contribution in [0, 0.1) is 17.8 Å². The molecular formula is C13H20N2O4. The van der Waals surface area contributed by atoms with Crippen LogP contribution in [0.15, 0.2) is 0 Å². The van der Waals surface area contributed by atoms with E-state index in [1.54, 1.807) is 0 Å². The molecular weight excluding hydrogens is 248 g/mol. The van der Waals surface area contributed by atoms with E-state index < -0.39 is 18.1 Å². The summed E-state index contributed by atoms with van der Waals surface area (Å²) in [6.07, 6.45) is 2.48. The number of aliphatic hydroxyl groups excluding tert-OH is 1. The van der Waals surface area contributed by atoms with Crippen molar-refractivity contribution in [2.75, 3.05) is 6.54 Å². The van der Waals surface area contributed by atoms with Crippen molar-refractivity contribution in [3.8, 4) is 0 Å². The van der Waals surface area contributed by atoms with Gasteiger partial charge in [0.15, 0.2) is 0 Å². The van der Waals surface area contributed by atoms with Gasteiger partial charge in [0.2, 0.25) is 5.91 Å². The number of carbonyl (C=O) groups is 2. The topological polar surface area (TPSA) is 104 Å². The Kier molecular flexibility index (Phi) is 3.02. The zero-order chi connectivity index (χ0) is 13.7. The van der Waals surface area contributed by atoms with E-state index in [4.69, 9.17) is 10.8 Å². The Bertz CT molecular complexity index is 411. The van der Waals surface area contributed by atoms with Gasteiger partial charge in [0.1, 0.15) is 6.04 Å². The number of hydrogen-bond acceptors (Lipinski definition) is 4. The summed E-state index contributed by atoms with van der Waals surface area (Å²) in [5.41, 5.74) is 6.13. The average Bonchev–Trinajstić information content (AvgIpc) is 3.01. The highest BCUT2D eigenvalue weighted by molar-refractivity contribution is 5.86. The smallest absolute Gasteiger partial charge is 0.326 e. The van der Waals surface area contributed by atoms with E-state index in [2.05, 4.69) is 0 Å². The first-order chi connectivity index (χ1) is 8.99. The first-order valence-corrected chi connectivity index (χ1v) is 6.96. The van der Waals surface area contributed by atoms with Crippen molar-refractivity contribution >= 4 is 11.9 Å². The summed E-state index contributed by atoms with van der Waals surface area (Å²) < 4.78 is 0. The van der Waals surface area contributed by atoms with Gasteiger partial charge < -0.3 is 20.8 Å². The molecule has 3 fully saturated rings. The molecule has 6 heteroatoms. The number of likely N-dealkylation sites (tertiary alicyclic amines) is 1. The zero-order valence-corrected chi connectivity index (χ0v) is 10.7. The minimum atomic E-state index is -1.04. The molecule has 3 aliphatic rings. The van der Waals surface area contributed by atoms with Crippen molar-refractivity contribution < 1.29 is 19.8 Å². The van der Waals surface area contributed by atoms with Crippen LogP contribution < -0.4 is 5.73 Å². The lowest BCUT2D eigenvalue weighted by atomic mass is 9.84. The minimum absolute atomic E-state index is 0.121. The van der Waals surface area contributed by atoms with Crippen molar-refractivity contribution in [3.05, 3.63) is 0 Å². The molecule has 4 N–H and O–H groups in total. The molecule has 2 saturated carbocycles. The van der Waals surface area contributed by atoms with E-state index in [1.807, 2.05) is 0 Å². The molecule has 1 amide bonds. The highest BCUT2D eigenvalue weighted by Gasteiger charge is 2.52. The molecule has 0 aromatic heterocycles. The Morgan fingerprint density at radius 3 is 2.42 bits per heavy atom. The van der Waals surface area contributed by atoms with Gasteiger partial charge in [-0.25, -0.2) is 4.79 Å². The second kappa shape index (κ2) is 4.45. The monoisotopic (exact) mass is 268 g/mol. The number of carboxylic acids is 1. The Morgan fingerprint density at radius 2 is 1.84 bits per heavy atom. The van der Waals surface area contributed by atoms with E-state index in [0.29, 0.717) is 11.8 Å². The maximum Gasteiger partial charge on any atom is 0.326 e. The van der Waals surface area contributed by atoms with Crippen LogP contribution in [0.3, 0.4) is 0 Å². The molecule has 106 valence electrons. The Labute approximate surface area is 111 Å². The van der Waals surface area contributed by atoms with Gasteiger partial charge in [0, 0.05) is 19.0 Å². The molecule has 6 atom stereocenters. The fourth-order valence-electron chi connectivity index (χ4n) is 4.19. The first-order valence-electron chi connectivity index (χ1n) is 6.96. The largest absolute Gasteiger partial charge is 0.480 e. The summed E-state index contributed by atoms with van der Waals surface area (Å²) in [5.74, 6) is -0.731. The van der Waals surface area contributed by atoms with Crippen molar-refractivity contribution in [3.63, 3.8) is 0 Å². The number of β-amino-alcohol motifs (C(OH)–C–C–N with tert-alkyl or cyclic N) is 1. The minimum Gasteiger partial charge on any atom is -0.480 e. The molecule has 19 heavy (non-hydrogen) atoms. The SMILES string of the molecule is NC1C2CCC(C2)C1C(=O)N1CC(O)CC1C(=O)O. The van der Waals surface area contributed by atoms with Crippen molar-refractivity contribution in [2.45, 2.75) is 43.9 Å². The molecule has 1 heterocycles. The van der Waals surface area contributed by atoms with Gasteiger partial charge in [0.05, 0.1) is 12.0 Å². The molecule has 0 spiro atoms. The first kappa shape index (κ1) is 12.9. The molecule has 1 aliphatic heterocycles. The van der Waals surface area contributed by atoms with E-state index in [-0.39, 0.29) is 30.8 Å². The number of aliphatic hydroxyl groups is 1. The Morgan fingerprint density at radius 1 is 1.16 bits per heavy atom. The summed E-state index contributed by atoms with van der Waals surface area (Å²) in [6.45, 7) is 0.121. The van der Waals surface area contributed by atoms with Crippen LogP contribution in [0.1, 0.15) is 25.7 Å². The lowest BCUT2D eigenvalue weighted by Crippen LogP contribution is -2.50. The van der Waals surface area contributed by atoms with Gasteiger partial charge in [-0.15, -0.1) is 0 Å². The van der Waals surface area contributed by atoms with E-state index in [9.17, 15) is 14.7 Å². The number of amides is 1. The van der Waals surface area contributed by atoms with E-state index in [1.165, 1.54) is 4.90 Å². The third-order valence-corrected chi connectivity index (χ3v) is 5.11. The fraction of sp³-hybridized carbons (Fsp3) is 0.846. The number of rotatable bonds is 2. The molecule has 1 saturated heterocycles. The predicted octanol–water partition coefficient (Wildman–Crippen LogP) is -0.594. The summed E-state index contributed by atoms with van der Waals surface area (Å²) >= 11 is 0. The molecule has 6 unspecified atom stereocenters. The highest BCUT2D eigenvalue weighted by Crippen LogP contribution is 2.48. The van der Waals surface area contributed by atoms with Crippen molar-refractivity contribution in [1.29, 1.82) is 0 Å². The molecule has 2 aliphatic carbocycles. The number of hydrogen-bond donors (Lipinski definition) is 3. The van der Waals surface area contributed by atoms with Gasteiger partial charge >= 0.3 is 5.97 Å². The molecule has 0 aromatic rings. The van der Waals surface area contributed by atoms with Gasteiger partial charge in [-0.3, -0.25) is 4.79 Å². The Hall–Kier alpha value is -1.14. The van der Waals surface area contributed by atoms with Crippen molar-refractivity contribution in [2.24, 2.45) is 23.5 Å². The number of carbonyl (C=O) groups excluding carboxylic acids is 1. The second-order valence-electron chi connectivity index (χ2n) is 6.17. The maximum atomic E-state index is 12.6. The van der Waals surface area contributed by atoms with Crippen LogP contribution in [0.4, 0.5) is 0 Å². The van der Waals surface area contributed by atoms with E-state index >= 15 is 0 Å². The third-order valence-electron chi connectivity index (χ3n) is 5.11. The number of carboxylic acid groups (broad SMARTS) is 1. The highest BCUT2D eigenvalue weighted by atomic mass is 16.4. The summed E-state index contributed by atoms with van der Waals surface area (Å²) in [7, 11) is 0. The maximum absolute atomic E-state index is 12.6. The van der Waals surface area contributed by atoms with Crippen molar-refractivity contribution in [1.82, 2.24) is 4.90 Å². The van der Waals surface area contributed by atoms with Crippen LogP contribution in [-0.4, -0.2) is 51.7 Å². The summed E-state index contributed by atoms with van der Waals surface area (Å²) in [6, 6.07) is -1.03. The lowest BCUT2D eigenvalue weighted by Gasteiger charge is -2.32. The van der Waals surface area contributed by atoms with Crippen LogP contribution in [0.5, 0.6) is 0 Å². The molecule has 3 rings (SSSR count). The lowest BCUT2D eigenvalue weighted by molar-refractivity contribution is -0.151. The Balaban J connectivity index is 1.78. The van der Waals surface area contributed by atoms with Crippen LogP contribution in [0.2, 0.25) is 0 Å². The number of nitrogens with zero attached hydrogens (tertiary/aromatic N) is 1. The standard InChI is InChI=1S/C13H20N2O4/c14-11-7-2-1-6(3-7)10(11)12(17)15-5-8(16)4-9(15)13(18)19/h6-11,16H,1-5,14H2,(H,18,19). The second-order valence-corrected chi connectivity index (χ2v) is 6.17. The quantitative estimate of drug-likeness (QED) is 0.621. The number of fused-ring (bicyclic) bond motifs is 2. The molecule has 0 radical (unpaired) electrons. The summed E-state index contributed by atoms with van der Waals surface area (Å²) in [5, 5.41) is 18.8. The summed E-state index contributed by atoms with van der Waals surface area (Å²) in [4.78, 5) is 25.1.